The molecule has 6 heteroatoms. The lowest BCUT2D eigenvalue weighted by Crippen LogP contribution is -2.29. The van der Waals surface area contributed by atoms with E-state index in [0.717, 1.165) is 48.4 Å². The monoisotopic (exact) mass is 440 g/mol. The van der Waals surface area contributed by atoms with E-state index in [9.17, 15) is 4.79 Å². The molecule has 0 aliphatic carbocycles. The first-order valence-corrected chi connectivity index (χ1v) is 12.0. The molecule has 3 rings (SSSR count). The highest BCUT2D eigenvalue weighted by molar-refractivity contribution is 7.20. The second kappa shape index (κ2) is 12.4. The van der Waals surface area contributed by atoms with Crippen molar-refractivity contribution in [3.05, 3.63) is 54.1 Å². The Morgan fingerprint density at radius 3 is 2.52 bits per heavy atom. The maximum absolute atomic E-state index is 11.6. The van der Waals surface area contributed by atoms with Crippen molar-refractivity contribution < 1.29 is 14.3 Å². The zero-order valence-corrected chi connectivity index (χ0v) is 19.3. The number of unbranched alkanes of at least 4 members (excludes halogenated alkanes) is 1. The van der Waals surface area contributed by atoms with Gasteiger partial charge in [0.05, 0.1) is 16.8 Å². The minimum atomic E-state index is -0.0957. The van der Waals surface area contributed by atoms with Crippen LogP contribution in [0.2, 0.25) is 0 Å². The van der Waals surface area contributed by atoms with Crippen molar-refractivity contribution in [2.45, 2.75) is 46.0 Å². The molecule has 1 heterocycles. The van der Waals surface area contributed by atoms with Gasteiger partial charge in [0.15, 0.2) is 0 Å². The van der Waals surface area contributed by atoms with E-state index in [1.807, 2.05) is 37.3 Å². The maximum atomic E-state index is 11.6. The van der Waals surface area contributed by atoms with E-state index in [4.69, 9.17) is 9.47 Å². The van der Waals surface area contributed by atoms with Crippen LogP contribution < -0.4 is 4.74 Å². The molecule has 0 bridgehead atoms. The highest BCUT2D eigenvalue weighted by Gasteiger charge is 2.09. The molecule has 0 amide bonds. The summed E-state index contributed by atoms with van der Waals surface area (Å²) in [5, 5.41) is 0.668. The zero-order chi connectivity index (χ0) is 21.9. The molecule has 0 radical (unpaired) electrons. The lowest BCUT2D eigenvalue weighted by Gasteiger charge is -2.22. The molecule has 0 atom stereocenters. The van der Waals surface area contributed by atoms with Gasteiger partial charge in [-0.15, -0.1) is 0 Å². The van der Waals surface area contributed by atoms with Crippen molar-refractivity contribution in [3.63, 3.8) is 0 Å². The van der Waals surface area contributed by atoms with Crippen LogP contribution >= 0.6 is 11.3 Å². The van der Waals surface area contributed by atoms with Crippen molar-refractivity contribution in [1.82, 2.24) is 9.88 Å². The fourth-order valence-electron chi connectivity index (χ4n) is 3.40. The number of esters is 1. The molecule has 0 spiro atoms. The normalized spacial score (nSPS) is 11.2. The molecule has 0 aliphatic heterocycles. The zero-order valence-electron chi connectivity index (χ0n) is 18.5. The summed E-state index contributed by atoms with van der Waals surface area (Å²) in [5.41, 5.74) is 2.25. The second-order valence-corrected chi connectivity index (χ2v) is 8.54. The van der Waals surface area contributed by atoms with E-state index in [0.29, 0.717) is 18.2 Å². The first-order chi connectivity index (χ1) is 15.2. The Bertz CT molecular complexity index is 906. The molecule has 0 unspecified atom stereocenters. The summed E-state index contributed by atoms with van der Waals surface area (Å²) in [6.45, 7) is 7.50. The molecule has 166 valence electrons. The van der Waals surface area contributed by atoms with Gasteiger partial charge in [0.2, 0.25) is 0 Å². The average molecular weight is 441 g/mol. The van der Waals surface area contributed by atoms with E-state index in [1.54, 1.807) is 11.3 Å². The minimum Gasteiger partial charge on any atom is -0.466 e. The topological polar surface area (TPSA) is 51.7 Å². The number of carbonyl (C=O) groups excluding carboxylic acids is 1. The molecule has 1 aromatic heterocycles. The fraction of sp³-hybridized carbons (Fsp3) is 0.440. The Morgan fingerprint density at radius 1 is 1.00 bits per heavy atom. The summed E-state index contributed by atoms with van der Waals surface area (Å²) < 4.78 is 12.1. The molecule has 5 nitrogen and oxygen atoms in total. The second-order valence-electron chi connectivity index (χ2n) is 7.55. The van der Waals surface area contributed by atoms with Gasteiger partial charge in [0.25, 0.3) is 5.19 Å². The minimum absolute atomic E-state index is 0.0957. The first kappa shape index (κ1) is 23.2. The molecule has 0 fully saturated rings. The van der Waals surface area contributed by atoms with Crippen molar-refractivity contribution in [2.24, 2.45) is 0 Å². The van der Waals surface area contributed by atoms with Crippen LogP contribution in [0.3, 0.4) is 0 Å². The lowest BCUT2D eigenvalue weighted by molar-refractivity contribution is -0.143. The van der Waals surface area contributed by atoms with Gasteiger partial charge in [0, 0.05) is 13.0 Å². The number of para-hydroxylation sites is 1. The van der Waals surface area contributed by atoms with E-state index >= 15 is 0 Å². The number of nitrogens with zero attached hydrogens (tertiary/aromatic N) is 2. The molecule has 31 heavy (non-hydrogen) atoms. The third kappa shape index (κ3) is 7.64. The van der Waals surface area contributed by atoms with Gasteiger partial charge < -0.3 is 14.4 Å². The van der Waals surface area contributed by atoms with Crippen LogP contribution in [-0.2, 0) is 16.0 Å². The lowest BCUT2D eigenvalue weighted by atomic mass is 10.1. The summed E-state index contributed by atoms with van der Waals surface area (Å²) in [7, 11) is 0. The van der Waals surface area contributed by atoms with Gasteiger partial charge in [-0.2, -0.15) is 0 Å². The van der Waals surface area contributed by atoms with Crippen LogP contribution in [0.4, 0.5) is 0 Å². The van der Waals surface area contributed by atoms with Crippen LogP contribution in [0.25, 0.3) is 10.2 Å². The van der Waals surface area contributed by atoms with Gasteiger partial charge in [-0.1, -0.05) is 48.9 Å². The van der Waals surface area contributed by atoms with Crippen molar-refractivity contribution >= 4 is 27.5 Å². The number of hydrogen-bond donors (Lipinski definition) is 0. The quantitative estimate of drug-likeness (QED) is 0.302. The number of rotatable bonds is 13. The summed E-state index contributed by atoms with van der Waals surface area (Å²) >= 11 is 1.56. The highest BCUT2D eigenvalue weighted by Crippen LogP contribution is 2.31. The summed E-state index contributed by atoms with van der Waals surface area (Å²) in [6.07, 6.45) is 4.66. The fourth-order valence-corrected chi connectivity index (χ4v) is 4.24. The molecule has 0 aliphatic rings. The Labute approximate surface area is 189 Å². The summed E-state index contributed by atoms with van der Waals surface area (Å²) in [6, 6.07) is 16.3. The van der Waals surface area contributed by atoms with Crippen LogP contribution in [0.5, 0.6) is 10.9 Å². The van der Waals surface area contributed by atoms with Crippen molar-refractivity contribution in [3.8, 4) is 10.9 Å². The van der Waals surface area contributed by atoms with Crippen LogP contribution in [-0.4, -0.2) is 42.1 Å². The van der Waals surface area contributed by atoms with E-state index in [1.165, 1.54) is 18.4 Å². The van der Waals surface area contributed by atoms with E-state index in [2.05, 4.69) is 35.0 Å². The maximum Gasteiger partial charge on any atom is 0.305 e. The predicted molar refractivity (Wildman–Crippen MR) is 127 cm³/mol. The van der Waals surface area contributed by atoms with Crippen LogP contribution in [0.1, 0.15) is 45.1 Å². The smallest absolute Gasteiger partial charge is 0.305 e. The number of hydrogen-bond acceptors (Lipinski definition) is 6. The standard InChI is InChI=1S/C25H32N2O3S/c1-3-5-17-27(18-8-11-24(28)29-4-2)19-16-20-12-14-21(15-13-20)30-25-26-22-9-6-7-10-23(22)31-25/h6-7,9-10,12-15H,3-5,8,11,16-19H2,1-2H3. The molecular formula is C25H32N2O3S. The molecule has 0 saturated heterocycles. The van der Waals surface area contributed by atoms with Gasteiger partial charge in [-0.25, -0.2) is 4.98 Å². The SMILES string of the molecule is CCCCN(CCCC(=O)OCC)CCc1ccc(Oc2nc3ccccc3s2)cc1. The Kier molecular flexibility index (Phi) is 9.31. The third-order valence-corrected chi connectivity index (χ3v) is 6.02. The number of aromatic nitrogens is 1. The van der Waals surface area contributed by atoms with Gasteiger partial charge in [-0.3, -0.25) is 4.79 Å². The molecule has 2 aromatic carbocycles. The average Bonchev–Trinajstić information content (AvgIpc) is 3.18. The van der Waals surface area contributed by atoms with Crippen LogP contribution in [0.15, 0.2) is 48.5 Å². The van der Waals surface area contributed by atoms with Gasteiger partial charge in [0.1, 0.15) is 5.75 Å². The number of thiazole rings is 1. The van der Waals surface area contributed by atoms with Crippen molar-refractivity contribution in [1.29, 1.82) is 0 Å². The number of fused-ring (bicyclic) bond motifs is 1. The Morgan fingerprint density at radius 2 is 1.77 bits per heavy atom. The van der Waals surface area contributed by atoms with E-state index in [-0.39, 0.29) is 5.97 Å². The van der Waals surface area contributed by atoms with E-state index < -0.39 is 0 Å². The van der Waals surface area contributed by atoms with Crippen LogP contribution in [0, 0.1) is 0 Å². The Hall–Kier alpha value is -2.44. The Balaban J connectivity index is 1.49. The highest BCUT2D eigenvalue weighted by atomic mass is 32.1. The summed E-state index contributed by atoms with van der Waals surface area (Å²) in [5.74, 6) is 0.710. The molecule has 0 N–H and O–H groups in total. The molecule has 0 saturated carbocycles. The summed E-state index contributed by atoms with van der Waals surface area (Å²) in [4.78, 5) is 18.6. The van der Waals surface area contributed by atoms with Crippen molar-refractivity contribution in [2.75, 3.05) is 26.2 Å². The van der Waals surface area contributed by atoms with Gasteiger partial charge >= 0.3 is 5.97 Å². The van der Waals surface area contributed by atoms with Gasteiger partial charge in [-0.05, 0) is 69.1 Å². The molecular weight excluding hydrogens is 408 g/mol. The number of ether oxygens (including phenoxy) is 2. The predicted octanol–water partition coefficient (Wildman–Crippen LogP) is 6.08. The largest absolute Gasteiger partial charge is 0.466 e. The third-order valence-electron chi connectivity index (χ3n) is 5.11. The molecule has 3 aromatic rings. The number of benzene rings is 2. The first-order valence-electron chi connectivity index (χ1n) is 11.2. The number of carbonyl (C=O) groups is 1.